The Hall–Kier alpha value is -0.960. The Balaban J connectivity index is 2.26. The van der Waals surface area contributed by atoms with Crippen LogP contribution >= 0.6 is 15.9 Å². The van der Waals surface area contributed by atoms with Crippen molar-refractivity contribution in [2.45, 2.75) is 43.5 Å². The second-order valence-electron chi connectivity index (χ2n) is 6.08. The van der Waals surface area contributed by atoms with Crippen LogP contribution in [0.1, 0.15) is 43.0 Å². The summed E-state index contributed by atoms with van der Waals surface area (Å²) in [5.74, 6) is 0.158. The van der Waals surface area contributed by atoms with Gasteiger partial charge < -0.3 is 5.32 Å². The van der Waals surface area contributed by atoms with Crippen molar-refractivity contribution in [1.82, 2.24) is 9.79 Å². The lowest BCUT2D eigenvalue weighted by Crippen LogP contribution is -2.41. The third-order valence-electron chi connectivity index (χ3n) is 4.50. The zero-order chi connectivity index (χ0) is 17.9. The lowest BCUT2D eigenvalue weighted by Gasteiger charge is -2.29. The predicted molar refractivity (Wildman–Crippen MR) is 95.0 cm³/mol. The normalized spacial score (nSPS) is 21.7. The number of carbonyl (C=O) groups excluding carboxylic acids is 1. The maximum Gasteiger partial charge on any atom is 0.264 e. The molecule has 0 spiro atoms. The monoisotopic (exact) mass is 418 g/mol. The van der Waals surface area contributed by atoms with Crippen LogP contribution in [-0.2, 0) is 14.9 Å². The summed E-state index contributed by atoms with van der Waals surface area (Å²) in [5, 5.41) is 3.04. The number of nitrogens with one attached hydrogen (secondary N) is 1. The topological polar surface area (TPSA) is 75.7 Å². The highest BCUT2D eigenvalue weighted by Gasteiger charge is 2.26. The average Bonchev–Trinajstić information content (AvgIpc) is 2.56. The largest absolute Gasteiger partial charge is 0.349 e. The minimum atomic E-state index is -3.80. The van der Waals surface area contributed by atoms with Crippen molar-refractivity contribution < 1.29 is 18.0 Å². The van der Waals surface area contributed by atoms with Gasteiger partial charge in [0.25, 0.3) is 15.9 Å². The molecule has 1 aliphatic carbocycles. The van der Waals surface area contributed by atoms with Gasteiger partial charge in [0.15, 0.2) is 0 Å². The Morgan fingerprint density at radius 1 is 1.33 bits per heavy atom. The maximum absolute atomic E-state index is 12.6. The van der Waals surface area contributed by atoms with Gasteiger partial charge in [-0.15, -0.1) is 0 Å². The molecule has 2 rings (SSSR count). The van der Waals surface area contributed by atoms with Crippen molar-refractivity contribution in [3.05, 3.63) is 28.2 Å². The molecule has 0 heterocycles. The van der Waals surface area contributed by atoms with Crippen molar-refractivity contribution in [1.29, 1.82) is 0 Å². The van der Waals surface area contributed by atoms with Gasteiger partial charge in [0.1, 0.15) is 0 Å². The van der Waals surface area contributed by atoms with E-state index in [1.54, 1.807) is 6.07 Å². The molecule has 0 radical (unpaired) electrons. The third kappa shape index (κ3) is 4.17. The number of hydrogen-bond acceptors (Lipinski definition) is 4. The van der Waals surface area contributed by atoms with E-state index in [0.29, 0.717) is 16.0 Å². The van der Waals surface area contributed by atoms with E-state index >= 15 is 0 Å². The first-order chi connectivity index (χ1) is 11.3. The predicted octanol–water partition coefficient (Wildman–Crippen LogP) is 2.94. The van der Waals surface area contributed by atoms with Gasteiger partial charge in [0.05, 0.1) is 17.6 Å². The molecule has 1 aromatic rings. The average molecular weight is 419 g/mol. The fourth-order valence-electron chi connectivity index (χ4n) is 2.86. The Bertz CT molecular complexity index is 708. The number of nitrogens with zero attached hydrogens (tertiary/aromatic N) is 1. The van der Waals surface area contributed by atoms with Crippen LogP contribution < -0.4 is 5.32 Å². The molecule has 0 aliphatic heterocycles. The van der Waals surface area contributed by atoms with Gasteiger partial charge in [-0.1, -0.05) is 24.2 Å². The van der Waals surface area contributed by atoms with Gasteiger partial charge in [-0.25, -0.2) is 8.42 Å². The summed E-state index contributed by atoms with van der Waals surface area (Å²) in [4.78, 5) is 17.4. The van der Waals surface area contributed by atoms with Crippen molar-refractivity contribution in [2.24, 2.45) is 5.92 Å². The molecule has 6 nitrogen and oxygen atoms in total. The first-order valence-corrected chi connectivity index (χ1v) is 10.1. The summed E-state index contributed by atoms with van der Waals surface area (Å²) >= 11 is 3.33. The molecule has 134 valence electrons. The molecular formula is C16H23BrN2O4S. The zero-order valence-electron chi connectivity index (χ0n) is 14.1. The molecular weight excluding hydrogens is 396 g/mol. The molecule has 8 heteroatoms. The molecule has 1 amide bonds. The first kappa shape index (κ1) is 19.4. The van der Waals surface area contributed by atoms with Crippen LogP contribution in [0.4, 0.5) is 0 Å². The standard InChI is InChI=1S/C16H23BrN2O4S/c1-11-6-4-5-7-15(11)18-16(20)13-10-12(8-9-14(13)17)24(21,22)19(2)23-3/h8-11,15H,4-7H2,1-3H3,(H,18,20)/t11-,15+/m1/s1. The minimum Gasteiger partial charge on any atom is -0.349 e. The first-order valence-electron chi connectivity index (χ1n) is 7.91. The molecule has 1 fully saturated rings. The Labute approximate surface area is 151 Å². The molecule has 24 heavy (non-hydrogen) atoms. The van der Waals surface area contributed by atoms with Crippen molar-refractivity contribution >= 4 is 31.9 Å². The number of hydrogen-bond donors (Lipinski definition) is 1. The Morgan fingerprint density at radius 2 is 2.00 bits per heavy atom. The van der Waals surface area contributed by atoms with E-state index in [0.717, 1.165) is 23.7 Å². The summed E-state index contributed by atoms with van der Waals surface area (Å²) in [7, 11) is -1.22. The summed E-state index contributed by atoms with van der Waals surface area (Å²) in [5.41, 5.74) is 0.304. The second kappa shape index (κ2) is 7.95. The number of benzene rings is 1. The number of sulfonamides is 1. The van der Waals surface area contributed by atoms with Gasteiger partial charge in [-0.05, 0) is 52.9 Å². The van der Waals surface area contributed by atoms with E-state index in [4.69, 9.17) is 4.84 Å². The highest BCUT2D eigenvalue weighted by molar-refractivity contribution is 9.10. The molecule has 0 unspecified atom stereocenters. The third-order valence-corrected chi connectivity index (χ3v) is 6.87. The SMILES string of the molecule is CON(C)S(=O)(=O)c1ccc(Br)c(C(=O)N[C@H]2CCCC[C@H]2C)c1. The van der Waals surface area contributed by atoms with Crippen LogP contribution in [0.2, 0.25) is 0 Å². The molecule has 1 aliphatic rings. The van der Waals surface area contributed by atoms with Crippen LogP contribution in [0.25, 0.3) is 0 Å². The van der Waals surface area contributed by atoms with E-state index in [9.17, 15) is 13.2 Å². The zero-order valence-corrected chi connectivity index (χ0v) is 16.5. The van der Waals surface area contributed by atoms with E-state index in [1.807, 2.05) is 0 Å². The quantitative estimate of drug-likeness (QED) is 0.745. The number of hydroxylamine groups is 1. The number of carbonyl (C=O) groups is 1. The van der Waals surface area contributed by atoms with Crippen LogP contribution in [0.3, 0.4) is 0 Å². The lowest BCUT2D eigenvalue weighted by molar-refractivity contribution is -0.0258. The van der Waals surface area contributed by atoms with Gasteiger partial charge in [-0.3, -0.25) is 9.63 Å². The molecule has 0 aromatic heterocycles. The maximum atomic E-state index is 12.6. The van der Waals surface area contributed by atoms with Crippen molar-refractivity contribution in [3.8, 4) is 0 Å². The number of amides is 1. The Kier molecular flexibility index (Phi) is 6.41. The highest BCUT2D eigenvalue weighted by Crippen LogP contribution is 2.26. The van der Waals surface area contributed by atoms with E-state index in [-0.39, 0.29) is 16.8 Å². The Morgan fingerprint density at radius 3 is 2.62 bits per heavy atom. The van der Waals surface area contributed by atoms with E-state index < -0.39 is 10.0 Å². The van der Waals surface area contributed by atoms with Crippen LogP contribution in [0.5, 0.6) is 0 Å². The fourth-order valence-corrected chi connectivity index (χ4v) is 4.29. The van der Waals surface area contributed by atoms with E-state index in [2.05, 4.69) is 28.2 Å². The summed E-state index contributed by atoms with van der Waals surface area (Å²) in [6.45, 7) is 2.13. The molecule has 1 aromatic carbocycles. The summed E-state index contributed by atoms with van der Waals surface area (Å²) in [6, 6.07) is 4.50. The fraction of sp³-hybridized carbons (Fsp3) is 0.562. The number of rotatable bonds is 5. The van der Waals surface area contributed by atoms with Crippen LogP contribution in [0, 0.1) is 5.92 Å². The minimum absolute atomic E-state index is 0.0110. The van der Waals surface area contributed by atoms with Gasteiger partial charge in [0, 0.05) is 17.6 Å². The van der Waals surface area contributed by atoms with Gasteiger partial charge in [-0.2, -0.15) is 0 Å². The second-order valence-corrected chi connectivity index (χ2v) is 8.87. The molecule has 1 N–H and O–H groups in total. The molecule has 0 bridgehead atoms. The molecule has 0 saturated heterocycles. The van der Waals surface area contributed by atoms with Crippen LogP contribution in [0.15, 0.2) is 27.6 Å². The van der Waals surface area contributed by atoms with Gasteiger partial charge in [0.2, 0.25) is 0 Å². The van der Waals surface area contributed by atoms with Crippen molar-refractivity contribution in [3.63, 3.8) is 0 Å². The van der Waals surface area contributed by atoms with Gasteiger partial charge >= 0.3 is 0 Å². The highest BCUT2D eigenvalue weighted by atomic mass is 79.9. The number of halogens is 1. The van der Waals surface area contributed by atoms with Crippen LogP contribution in [-0.4, -0.2) is 39.0 Å². The lowest BCUT2D eigenvalue weighted by atomic mass is 9.86. The summed E-state index contributed by atoms with van der Waals surface area (Å²) in [6.07, 6.45) is 4.34. The summed E-state index contributed by atoms with van der Waals surface area (Å²) < 4.78 is 26.0. The molecule has 2 atom stereocenters. The van der Waals surface area contributed by atoms with E-state index in [1.165, 1.54) is 32.7 Å². The van der Waals surface area contributed by atoms with Crippen molar-refractivity contribution in [2.75, 3.05) is 14.2 Å². The molecule has 1 saturated carbocycles. The smallest absolute Gasteiger partial charge is 0.264 e.